The van der Waals surface area contributed by atoms with E-state index in [2.05, 4.69) is 77.1 Å². The van der Waals surface area contributed by atoms with Crippen LogP contribution in [-0.2, 0) is 4.79 Å². The molecule has 0 saturated heterocycles. The number of carboxylic acids is 1. The zero-order valence-electron chi connectivity index (χ0n) is 22.5. The predicted octanol–water partition coefficient (Wildman–Crippen LogP) is 7.50. The molecule has 5 rings (SSSR count). The van der Waals surface area contributed by atoms with Crippen LogP contribution in [0.4, 0.5) is 0 Å². The molecule has 5 aliphatic rings. The smallest absolute Gasteiger partial charge is 0.310 e. The average Bonchev–Trinajstić information content (AvgIpc) is 2.75. The summed E-state index contributed by atoms with van der Waals surface area (Å²) < 4.78 is 0.291. The van der Waals surface area contributed by atoms with E-state index in [4.69, 9.17) is 0 Å². The third-order valence-electron chi connectivity index (χ3n) is 13.3. The Morgan fingerprint density at radius 3 is 2.32 bits per heavy atom. The van der Waals surface area contributed by atoms with Crippen LogP contribution >= 0.6 is 22.6 Å². The molecule has 0 radical (unpaired) electrons. The summed E-state index contributed by atoms with van der Waals surface area (Å²) in [6.07, 6.45) is 10.6. The van der Waals surface area contributed by atoms with E-state index in [1.807, 2.05) is 0 Å². The van der Waals surface area contributed by atoms with E-state index in [0.717, 1.165) is 38.5 Å². The molecule has 4 saturated carbocycles. The fourth-order valence-corrected chi connectivity index (χ4v) is 12.8. The number of fused-ring (bicyclic) bond motifs is 7. The molecule has 0 aromatic carbocycles. The minimum Gasteiger partial charge on any atom is -0.481 e. The van der Waals surface area contributed by atoms with E-state index in [9.17, 15) is 15.0 Å². The van der Waals surface area contributed by atoms with Crippen molar-refractivity contribution in [1.82, 2.24) is 0 Å². The van der Waals surface area contributed by atoms with Gasteiger partial charge in [0.15, 0.2) is 0 Å². The Hall–Kier alpha value is -0.100. The van der Waals surface area contributed by atoms with E-state index in [-0.39, 0.29) is 33.7 Å². The van der Waals surface area contributed by atoms with Gasteiger partial charge in [0.1, 0.15) is 0 Å². The second-order valence-corrected chi connectivity index (χ2v) is 16.2. The summed E-state index contributed by atoms with van der Waals surface area (Å²) in [5.74, 6) is 1.76. The van der Waals surface area contributed by atoms with Crippen LogP contribution in [0.2, 0.25) is 0 Å². The Bertz CT molecular complexity index is 911. The highest BCUT2D eigenvalue weighted by atomic mass is 127. The first-order valence-corrected chi connectivity index (χ1v) is 15.2. The topological polar surface area (TPSA) is 57.5 Å². The maximum atomic E-state index is 12.8. The molecule has 0 amide bonds. The molecule has 0 aromatic rings. The molecule has 34 heavy (non-hydrogen) atoms. The lowest BCUT2D eigenvalue weighted by atomic mass is 9.33. The lowest BCUT2D eigenvalue weighted by molar-refractivity contribution is -0.203. The van der Waals surface area contributed by atoms with E-state index in [1.54, 1.807) is 0 Å². The Morgan fingerprint density at radius 1 is 1.00 bits per heavy atom. The van der Waals surface area contributed by atoms with Crippen molar-refractivity contribution < 1.29 is 15.0 Å². The lowest BCUT2D eigenvalue weighted by Crippen LogP contribution is -2.66. The SMILES string of the molecule is C[C@@H]1CC[C@]2(C(=O)O)CC[C@]3(C)C(=CCC4C5(C)C[C@H](I)[C@H](O)C(C)(C)C5CC[C@]43C)C2[C@H]1C. The lowest BCUT2D eigenvalue weighted by Gasteiger charge is -2.71. The molecule has 0 heterocycles. The largest absolute Gasteiger partial charge is 0.481 e. The van der Waals surface area contributed by atoms with Gasteiger partial charge < -0.3 is 10.2 Å². The molecule has 3 nitrogen and oxygen atoms in total. The second-order valence-electron chi connectivity index (χ2n) is 14.6. The summed E-state index contributed by atoms with van der Waals surface area (Å²) in [5.41, 5.74) is 1.35. The van der Waals surface area contributed by atoms with Crippen LogP contribution in [0.3, 0.4) is 0 Å². The number of carboxylic acid groups (broad SMARTS) is 1. The molecule has 11 atom stereocenters. The van der Waals surface area contributed by atoms with Crippen molar-refractivity contribution in [2.45, 2.75) is 110 Å². The maximum Gasteiger partial charge on any atom is 0.310 e. The van der Waals surface area contributed by atoms with Crippen LogP contribution in [0, 0.1) is 56.7 Å². The highest BCUT2D eigenvalue weighted by Gasteiger charge is 2.70. The number of alkyl halides is 1. The van der Waals surface area contributed by atoms with Gasteiger partial charge >= 0.3 is 5.97 Å². The molecular weight excluding hydrogens is 535 g/mol. The second kappa shape index (κ2) is 7.71. The first-order chi connectivity index (χ1) is 15.7. The quantitative estimate of drug-likeness (QED) is 0.191. The standard InChI is InChI=1S/C30H47IO3/c1-17-10-13-30(25(33)34)15-14-28(6)19(23(30)18(17)2)8-9-22-27(5)16-20(31)24(32)26(3,4)21(27)11-12-29(22,28)7/h8,17-18,20-24,32H,9-16H2,1-7H3,(H,33,34)/t17-,18+,20+,21?,22?,23?,24+,27?,28-,29-,30+/m1/s1. The van der Waals surface area contributed by atoms with Crippen molar-refractivity contribution >= 4 is 28.6 Å². The van der Waals surface area contributed by atoms with Gasteiger partial charge in [-0.15, -0.1) is 0 Å². The van der Waals surface area contributed by atoms with Crippen LogP contribution < -0.4 is 0 Å². The first-order valence-electron chi connectivity index (χ1n) is 13.9. The zero-order valence-corrected chi connectivity index (χ0v) is 24.6. The third-order valence-corrected chi connectivity index (χ3v) is 14.4. The number of aliphatic hydroxyl groups excluding tert-OH is 1. The van der Waals surface area contributed by atoms with Crippen molar-refractivity contribution in [3.63, 3.8) is 0 Å². The summed E-state index contributed by atoms with van der Waals surface area (Å²) in [7, 11) is 0. The number of allylic oxidation sites excluding steroid dienone is 2. The Kier molecular flexibility index (Phi) is 5.79. The monoisotopic (exact) mass is 582 g/mol. The first kappa shape index (κ1) is 25.5. The zero-order chi connectivity index (χ0) is 25.1. The summed E-state index contributed by atoms with van der Waals surface area (Å²) in [6, 6.07) is 0. The molecule has 0 spiro atoms. The van der Waals surface area contributed by atoms with Crippen LogP contribution in [0.5, 0.6) is 0 Å². The fraction of sp³-hybridized carbons (Fsp3) is 0.900. The third kappa shape index (κ3) is 2.93. The van der Waals surface area contributed by atoms with Crippen molar-refractivity contribution in [2.75, 3.05) is 0 Å². The number of hydrogen-bond acceptors (Lipinski definition) is 2. The Morgan fingerprint density at radius 2 is 1.68 bits per heavy atom. The number of halogens is 1. The molecule has 192 valence electrons. The molecule has 2 N–H and O–H groups in total. The summed E-state index contributed by atoms with van der Waals surface area (Å²) in [6.45, 7) is 17.0. The van der Waals surface area contributed by atoms with Gasteiger partial charge in [0.25, 0.3) is 0 Å². The van der Waals surface area contributed by atoms with Crippen LogP contribution in [0.1, 0.15) is 99.8 Å². The molecule has 0 aliphatic heterocycles. The van der Waals surface area contributed by atoms with E-state index >= 15 is 0 Å². The van der Waals surface area contributed by atoms with Gasteiger partial charge in [0, 0.05) is 3.92 Å². The average molecular weight is 583 g/mol. The molecule has 0 aromatic heterocycles. The van der Waals surface area contributed by atoms with Crippen molar-refractivity contribution in [3.8, 4) is 0 Å². The molecule has 4 heteroatoms. The van der Waals surface area contributed by atoms with Crippen LogP contribution in [0.15, 0.2) is 11.6 Å². The summed E-state index contributed by atoms with van der Waals surface area (Å²) in [4.78, 5) is 12.8. The van der Waals surface area contributed by atoms with Gasteiger partial charge in [-0.25, -0.2) is 0 Å². The number of hydrogen-bond donors (Lipinski definition) is 2. The van der Waals surface area contributed by atoms with Gasteiger partial charge in [0.2, 0.25) is 0 Å². The minimum absolute atomic E-state index is 0.0660. The van der Waals surface area contributed by atoms with E-state index in [0.29, 0.717) is 27.6 Å². The van der Waals surface area contributed by atoms with Crippen molar-refractivity contribution in [1.29, 1.82) is 0 Å². The highest BCUT2D eigenvalue weighted by Crippen LogP contribution is 2.76. The predicted molar refractivity (Wildman–Crippen MR) is 146 cm³/mol. The molecule has 0 bridgehead atoms. The Labute approximate surface area is 221 Å². The van der Waals surface area contributed by atoms with Crippen molar-refractivity contribution in [2.24, 2.45) is 56.7 Å². The molecular formula is C30H47IO3. The van der Waals surface area contributed by atoms with Gasteiger partial charge in [-0.1, -0.05) is 82.7 Å². The van der Waals surface area contributed by atoms with Gasteiger partial charge in [0.05, 0.1) is 11.5 Å². The van der Waals surface area contributed by atoms with Crippen LogP contribution in [-0.4, -0.2) is 26.2 Å². The molecule has 4 fully saturated rings. The molecule has 4 unspecified atom stereocenters. The maximum absolute atomic E-state index is 12.8. The number of aliphatic hydroxyl groups is 1. The van der Waals surface area contributed by atoms with Crippen molar-refractivity contribution in [3.05, 3.63) is 11.6 Å². The molecule has 5 aliphatic carbocycles. The number of rotatable bonds is 1. The van der Waals surface area contributed by atoms with Gasteiger partial charge in [-0.05, 0) is 103 Å². The number of carbonyl (C=O) groups is 1. The number of aliphatic carboxylic acids is 1. The highest BCUT2D eigenvalue weighted by molar-refractivity contribution is 14.1. The fourth-order valence-electron chi connectivity index (χ4n) is 10.9. The minimum atomic E-state index is -0.564. The van der Waals surface area contributed by atoms with Gasteiger partial charge in [-0.2, -0.15) is 0 Å². The summed E-state index contributed by atoms with van der Waals surface area (Å²) >= 11 is 2.52. The van der Waals surface area contributed by atoms with Crippen LogP contribution in [0.25, 0.3) is 0 Å². The van der Waals surface area contributed by atoms with E-state index in [1.165, 1.54) is 18.4 Å². The summed E-state index contributed by atoms with van der Waals surface area (Å²) in [5, 5.41) is 21.7. The normalized spacial score (nSPS) is 56.3. The van der Waals surface area contributed by atoms with Gasteiger partial charge in [-0.3, -0.25) is 4.79 Å². The Balaban J connectivity index is 1.62. The van der Waals surface area contributed by atoms with E-state index < -0.39 is 11.4 Å².